The molecule has 5 rings (SSSR count). The maximum absolute atomic E-state index is 13.9. The van der Waals surface area contributed by atoms with Gasteiger partial charge in [-0.15, -0.1) is 5.10 Å². The maximum Gasteiger partial charge on any atom is 0.247 e. The highest BCUT2D eigenvalue weighted by atomic mass is 19.1. The molecule has 5 aromatic rings. The number of aromatic nitrogens is 4. The van der Waals surface area contributed by atoms with Gasteiger partial charge in [0.05, 0.1) is 23.8 Å². The Bertz CT molecular complexity index is 1600. The quantitative estimate of drug-likeness (QED) is 0.351. The lowest BCUT2D eigenvalue weighted by Crippen LogP contribution is -2.06. The molecule has 0 amide bonds. The number of rotatable bonds is 7. The number of halogens is 2. The normalized spacial score (nSPS) is 10.8. The first kappa shape index (κ1) is 22.8. The SMILES string of the molecule is N#Cc1c(F)cccc1Nc1nc2cnc(-c3ccc(CC(=O)Cc4ccc(F)cc4)cc3)cn2n1. The summed E-state index contributed by atoms with van der Waals surface area (Å²) in [5, 5.41) is 16.4. The molecule has 3 aromatic carbocycles. The Balaban J connectivity index is 1.29. The van der Waals surface area contributed by atoms with Crippen LogP contribution in [-0.4, -0.2) is 25.4 Å². The van der Waals surface area contributed by atoms with Crippen molar-refractivity contribution >= 4 is 23.1 Å². The van der Waals surface area contributed by atoms with Gasteiger partial charge in [-0.05, 0) is 35.4 Å². The topological polar surface area (TPSA) is 96.0 Å². The van der Waals surface area contributed by atoms with Crippen LogP contribution in [0.5, 0.6) is 0 Å². The molecule has 0 aliphatic heterocycles. The van der Waals surface area contributed by atoms with Gasteiger partial charge in [0.1, 0.15) is 29.1 Å². The number of hydrogen-bond donors (Lipinski definition) is 1. The maximum atomic E-state index is 13.9. The van der Waals surface area contributed by atoms with Crippen LogP contribution in [-0.2, 0) is 17.6 Å². The van der Waals surface area contributed by atoms with E-state index in [0.717, 1.165) is 16.7 Å². The third-order valence-electron chi connectivity index (χ3n) is 5.56. The summed E-state index contributed by atoms with van der Waals surface area (Å²) in [6, 6.07) is 19.5. The predicted octanol–water partition coefficient (Wildman–Crippen LogP) is 5.04. The van der Waals surface area contributed by atoms with Gasteiger partial charge in [0.15, 0.2) is 5.65 Å². The summed E-state index contributed by atoms with van der Waals surface area (Å²) < 4.78 is 28.4. The second-order valence-electron chi connectivity index (χ2n) is 8.13. The lowest BCUT2D eigenvalue weighted by Gasteiger charge is -2.05. The number of nitriles is 1. The third-order valence-corrected chi connectivity index (χ3v) is 5.56. The van der Waals surface area contributed by atoms with Crippen molar-refractivity contribution in [3.8, 4) is 17.3 Å². The molecule has 0 spiro atoms. The van der Waals surface area contributed by atoms with Crippen LogP contribution < -0.4 is 5.32 Å². The Morgan fingerprint density at radius 3 is 2.36 bits per heavy atom. The van der Waals surface area contributed by atoms with Crippen LogP contribution >= 0.6 is 0 Å². The third kappa shape index (κ3) is 4.93. The monoisotopic (exact) mass is 480 g/mol. The van der Waals surface area contributed by atoms with Crippen molar-refractivity contribution < 1.29 is 13.6 Å². The highest BCUT2D eigenvalue weighted by Crippen LogP contribution is 2.22. The van der Waals surface area contributed by atoms with E-state index in [1.807, 2.05) is 30.3 Å². The molecule has 0 radical (unpaired) electrons. The van der Waals surface area contributed by atoms with Crippen molar-refractivity contribution in [1.29, 1.82) is 5.26 Å². The van der Waals surface area contributed by atoms with Crippen molar-refractivity contribution in [2.24, 2.45) is 0 Å². The van der Waals surface area contributed by atoms with Crippen molar-refractivity contribution in [3.63, 3.8) is 0 Å². The smallest absolute Gasteiger partial charge is 0.247 e. The van der Waals surface area contributed by atoms with Crippen LogP contribution in [0.3, 0.4) is 0 Å². The Morgan fingerprint density at radius 1 is 0.972 bits per heavy atom. The van der Waals surface area contributed by atoms with Gasteiger partial charge in [-0.25, -0.2) is 13.3 Å². The first-order valence-electron chi connectivity index (χ1n) is 11.0. The van der Waals surface area contributed by atoms with Gasteiger partial charge < -0.3 is 5.32 Å². The van der Waals surface area contributed by atoms with Crippen LogP contribution in [0.25, 0.3) is 16.9 Å². The zero-order chi connectivity index (χ0) is 25.1. The van der Waals surface area contributed by atoms with E-state index in [1.54, 1.807) is 30.6 Å². The number of carbonyl (C=O) groups is 1. The molecule has 0 bridgehead atoms. The number of fused-ring (bicyclic) bond motifs is 1. The minimum Gasteiger partial charge on any atom is -0.322 e. The fraction of sp³-hybridized carbons (Fsp3) is 0.0741. The van der Waals surface area contributed by atoms with E-state index in [9.17, 15) is 18.8 Å². The molecule has 176 valence electrons. The largest absolute Gasteiger partial charge is 0.322 e. The highest BCUT2D eigenvalue weighted by molar-refractivity contribution is 5.83. The molecular weight excluding hydrogens is 462 g/mol. The summed E-state index contributed by atoms with van der Waals surface area (Å²) in [6.45, 7) is 0. The number of anilines is 2. The van der Waals surface area contributed by atoms with Crippen LogP contribution in [0.1, 0.15) is 16.7 Å². The molecule has 2 heterocycles. The van der Waals surface area contributed by atoms with Crippen LogP contribution in [0.4, 0.5) is 20.4 Å². The highest BCUT2D eigenvalue weighted by Gasteiger charge is 2.12. The fourth-order valence-electron chi connectivity index (χ4n) is 3.77. The molecule has 0 atom stereocenters. The molecule has 1 N–H and O–H groups in total. The molecular formula is C27H18F2N6O. The Kier molecular flexibility index (Phi) is 6.16. The lowest BCUT2D eigenvalue weighted by atomic mass is 10.0. The predicted molar refractivity (Wildman–Crippen MR) is 129 cm³/mol. The first-order chi connectivity index (χ1) is 17.5. The van der Waals surface area contributed by atoms with Crippen molar-refractivity contribution in [1.82, 2.24) is 19.6 Å². The molecule has 0 saturated heterocycles. The van der Waals surface area contributed by atoms with Gasteiger partial charge in [-0.3, -0.25) is 9.78 Å². The van der Waals surface area contributed by atoms with E-state index in [1.165, 1.54) is 28.8 Å². The van der Waals surface area contributed by atoms with E-state index in [2.05, 4.69) is 20.4 Å². The van der Waals surface area contributed by atoms with Crippen LogP contribution in [0.2, 0.25) is 0 Å². The Labute approximate surface area is 204 Å². The molecule has 0 aliphatic carbocycles. The van der Waals surface area contributed by atoms with E-state index in [-0.39, 0.29) is 41.6 Å². The summed E-state index contributed by atoms with van der Waals surface area (Å²) in [5.41, 5.74) is 3.73. The van der Waals surface area contributed by atoms with Gasteiger partial charge in [-0.1, -0.05) is 42.5 Å². The standard InChI is InChI=1S/C27H18F2N6O/c28-20-10-6-18(7-11-20)13-21(36)12-17-4-8-19(9-5-17)25-16-35-26(15-31-25)33-27(34-35)32-24-3-1-2-23(29)22(24)14-30/h1-11,15-16H,12-13H2,(H,32,34). The minimum absolute atomic E-state index is 0.0365. The van der Waals surface area contributed by atoms with Crippen molar-refractivity contribution in [3.05, 3.63) is 107 Å². The molecule has 9 heteroatoms. The number of ketones is 1. The van der Waals surface area contributed by atoms with E-state index < -0.39 is 5.82 Å². The van der Waals surface area contributed by atoms with Gasteiger partial charge in [0, 0.05) is 18.4 Å². The Morgan fingerprint density at radius 2 is 1.67 bits per heavy atom. The van der Waals surface area contributed by atoms with Gasteiger partial charge >= 0.3 is 0 Å². The minimum atomic E-state index is -0.629. The average molecular weight is 480 g/mol. The lowest BCUT2D eigenvalue weighted by molar-refractivity contribution is -0.117. The fourth-order valence-corrected chi connectivity index (χ4v) is 3.77. The number of nitrogens with one attached hydrogen (secondary N) is 1. The Hall–Kier alpha value is -4.97. The number of benzene rings is 3. The van der Waals surface area contributed by atoms with Crippen molar-refractivity contribution in [2.45, 2.75) is 12.8 Å². The molecule has 0 saturated carbocycles. The second-order valence-corrected chi connectivity index (χ2v) is 8.13. The molecule has 0 aliphatic rings. The summed E-state index contributed by atoms with van der Waals surface area (Å²) in [6.07, 6.45) is 3.78. The number of hydrogen-bond acceptors (Lipinski definition) is 6. The van der Waals surface area contributed by atoms with E-state index in [4.69, 9.17) is 0 Å². The number of nitrogens with zero attached hydrogens (tertiary/aromatic N) is 5. The molecule has 0 fully saturated rings. The summed E-state index contributed by atoms with van der Waals surface area (Å²) >= 11 is 0. The van der Waals surface area contributed by atoms with Gasteiger partial charge in [-0.2, -0.15) is 10.2 Å². The zero-order valence-corrected chi connectivity index (χ0v) is 18.8. The number of Topliss-reactive ketones (excluding diaryl/α,β-unsaturated/α-hetero) is 1. The summed E-state index contributed by atoms with van der Waals surface area (Å²) in [4.78, 5) is 21.2. The zero-order valence-electron chi connectivity index (χ0n) is 18.8. The summed E-state index contributed by atoms with van der Waals surface area (Å²) in [5.74, 6) is -0.719. The second kappa shape index (κ2) is 9.72. The molecule has 2 aromatic heterocycles. The van der Waals surface area contributed by atoms with Gasteiger partial charge in [0.25, 0.3) is 0 Å². The van der Waals surface area contributed by atoms with E-state index >= 15 is 0 Å². The van der Waals surface area contributed by atoms with Crippen molar-refractivity contribution in [2.75, 3.05) is 5.32 Å². The van der Waals surface area contributed by atoms with Gasteiger partial charge in [0.2, 0.25) is 5.95 Å². The summed E-state index contributed by atoms with van der Waals surface area (Å²) in [7, 11) is 0. The molecule has 36 heavy (non-hydrogen) atoms. The average Bonchev–Trinajstić information content (AvgIpc) is 3.27. The van der Waals surface area contributed by atoms with E-state index in [0.29, 0.717) is 11.3 Å². The van der Waals surface area contributed by atoms with Crippen LogP contribution in [0, 0.1) is 23.0 Å². The molecule has 0 unspecified atom stereocenters. The van der Waals surface area contributed by atoms with Crippen LogP contribution in [0.15, 0.2) is 79.1 Å². The first-order valence-corrected chi connectivity index (χ1v) is 11.0. The molecule has 7 nitrogen and oxygen atoms in total. The number of carbonyl (C=O) groups excluding carboxylic acids is 1.